The van der Waals surface area contributed by atoms with Gasteiger partial charge >= 0.3 is 0 Å². The van der Waals surface area contributed by atoms with Gasteiger partial charge in [0.1, 0.15) is 12.4 Å². The highest BCUT2D eigenvalue weighted by molar-refractivity contribution is 8.18. The van der Waals surface area contributed by atoms with Crippen LogP contribution in [0.3, 0.4) is 0 Å². The van der Waals surface area contributed by atoms with Crippen LogP contribution < -0.4 is 10.1 Å². The van der Waals surface area contributed by atoms with E-state index in [4.69, 9.17) is 39.5 Å². The van der Waals surface area contributed by atoms with Crippen molar-refractivity contribution in [2.75, 3.05) is 0 Å². The third-order valence-electron chi connectivity index (χ3n) is 4.30. The van der Waals surface area contributed by atoms with Crippen molar-refractivity contribution in [3.8, 4) is 5.75 Å². The zero-order chi connectivity index (χ0) is 22.7. The minimum Gasteiger partial charge on any atom is -0.486 e. The van der Waals surface area contributed by atoms with Crippen LogP contribution in [0.25, 0.3) is 6.08 Å². The number of carbonyl (C=O) groups is 1. The average Bonchev–Trinajstić information content (AvgIpc) is 3.08. The van der Waals surface area contributed by atoms with Crippen molar-refractivity contribution >= 4 is 69.4 Å². The maximum absolute atomic E-state index is 13.3. The predicted molar refractivity (Wildman–Crippen MR) is 129 cm³/mol. The summed E-state index contributed by atoms with van der Waals surface area (Å²) >= 11 is 19.8. The lowest BCUT2D eigenvalue weighted by molar-refractivity contribution is -0.115. The van der Waals surface area contributed by atoms with Crippen molar-refractivity contribution in [2.24, 2.45) is 4.99 Å². The fourth-order valence-corrected chi connectivity index (χ4v) is 4.43. The molecule has 0 aromatic heterocycles. The minimum atomic E-state index is -0.350. The Bertz CT molecular complexity index is 1220. The van der Waals surface area contributed by atoms with Crippen LogP contribution in [0, 0.1) is 5.82 Å². The number of aliphatic imine (C=N–C) groups is 1. The molecule has 3 aromatic carbocycles. The summed E-state index contributed by atoms with van der Waals surface area (Å²) in [5.41, 5.74) is 1.95. The highest BCUT2D eigenvalue weighted by atomic mass is 35.5. The number of thioether (sulfide) groups is 1. The molecule has 1 N–H and O–H groups in total. The number of amides is 1. The lowest BCUT2D eigenvalue weighted by Crippen LogP contribution is -2.19. The number of halogens is 4. The van der Waals surface area contributed by atoms with Crippen LogP contribution in [-0.4, -0.2) is 11.1 Å². The van der Waals surface area contributed by atoms with Crippen LogP contribution in [0.1, 0.15) is 11.1 Å². The van der Waals surface area contributed by atoms with Gasteiger partial charge in [0, 0.05) is 5.02 Å². The molecule has 162 valence electrons. The number of nitrogens with one attached hydrogen (secondary N) is 1. The largest absolute Gasteiger partial charge is 0.486 e. The van der Waals surface area contributed by atoms with Crippen LogP contribution in [-0.2, 0) is 11.4 Å². The Hall–Kier alpha value is -2.51. The topological polar surface area (TPSA) is 50.7 Å². The van der Waals surface area contributed by atoms with E-state index in [9.17, 15) is 9.18 Å². The molecule has 1 fully saturated rings. The number of rotatable bonds is 5. The highest BCUT2D eigenvalue weighted by Gasteiger charge is 2.24. The number of nitrogens with zero attached hydrogens (tertiary/aromatic N) is 1. The van der Waals surface area contributed by atoms with Gasteiger partial charge in [-0.05, 0) is 77.5 Å². The molecule has 4 nitrogen and oxygen atoms in total. The summed E-state index contributed by atoms with van der Waals surface area (Å²) in [6.45, 7) is 0.112. The Morgan fingerprint density at radius 1 is 1.03 bits per heavy atom. The first-order valence-electron chi connectivity index (χ1n) is 9.29. The van der Waals surface area contributed by atoms with Gasteiger partial charge in [0.15, 0.2) is 10.9 Å². The predicted octanol–water partition coefficient (Wildman–Crippen LogP) is 7.26. The molecular weight excluding hydrogens is 494 g/mol. The quantitative estimate of drug-likeness (QED) is 0.370. The molecule has 0 bridgehead atoms. The molecule has 1 amide bonds. The first kappa shape index (κ1) is 22.7. The fourth-order valence-electron chi connectivity index (χ4n) is 2.85. The maximum Gasteiger partial charge on any atom is 0.264 e. The smallest absolute Gasteiger partial charge is 0.264 e. The first-order valence-corrected chi connectivity index (χ1v) is 11.2. The Kier molecular flexibility index (Phi) is 7.06. The monoisotopic (exact) mass is 506 g/mol. The second kappa shape index (κ2) is 9.96. The molecule has 0 spiro atoms. The van der Waals surface area contributed by atoms with E-state index in [1.54, 1.807) is 54.6 Å². The average molecular weight is 508 g/mol. The zero-order valence-corrected chi connectivity index (χ0v) is 19.3. The number of hydrogen-bond donors (Lipinski definition) is 1. The van der Waals surface area contributed by atoms with E-state index in [0.29, 0.717) is 31.9 Å². The van der Waals surface area contributed by atoms with E-state index in [0.717, 1.165) is 0 Å². The normalized spacial score (nSPS) is 15.9. The van der Waals surface area contributed by atoms with Crippen molar-refractivity contribution in [3.63, 3.8) is 0 Å². The molecule has 0 atom stereocenters. The van der Waals surface area contributed by atoms with Gasteiger partial charge < -0.3 is 10.1 Å². The number of amidine groups is 1. The van der Waals surface area contributed by atoms with Gasteiger partial charge in [-0.15, -0.1) is 0 Å². The Labute approximate surface area is 203 Å². The van der Waals surface area contributed by atoms with Crippen molar-refractivity contribution in [3.05, 3.63) is 97.6 Å². The standard InChI is InChI=1S/C23H14Cl3FN2O2S/c24-15-4-6-17(7-5-15)28-23-29-22(30)20(32-23)11-14-9-18(25)21(19(26)10-14)31-12-13-2-1-3-16(27)8-13/h1-11H,12H2,(H,28,29,30)/b20-11-. The number of benzene rings is 3. The van der Waals surface area contributed by atoms with Gasteiger partial charge in [-0.2, -0.15) is 0 Å². The van der Waals surface area contributed by atoms with Crippen LogP contribution >= 0.6 is 46.6 Å². The lowest BCUT2D eigenvalue weighted by Gasteiger charge is -2.11. The first-order chi connectivity index (χ1) is 15.4. The Morgan fingerprint density at radius 3 is 2.44 bits per heavy atom. The zero-order valence-electron chi connectivity index (χ0n) is 16.2. The van der Waals surface area contributed by atoms with Gasteiger partial charge in [-0.25, -0.2) is 9.38 Å². The highest BCUT2D eigenvalue weighted by Crippen LogP contribution is 2.37. The van der Waals surface area contributed by atoms with E-state index < -0.39 is 0 Å². The van der Waals surface area contributed by atoms with Gasteiger partial charge in [-0.3, -0.25) is 4.79 Å². The van der Waals surface area contributed by atoms with Crippen LogP contribution in [0.4, 0.5) is 10.1 Å². The summed E-state index contributed by atoms with van der Waals surface area (Å²) in [5.74, 6) is -0.341. The molecule has 0 aliphatic carbocycles. The van der Waals surface area contributed by atoms with Gasteiger partial charge in [-0.1, -0.05) is 46.9 Å². The molecule has 9 heteroatoms. The molecule has 3 aromatic rings. The fraction of sp³-hybridized carbons (Fsp3) is 0.0435. The van der Waals surface area contributed by atoms with Gasteiger partial charge in [0.2, 0.25) is 0 Å². The molecule has 1 aliphatic rings. The molecule has 0 unspecified atom stereocenters. The van der Waals surface area contributed by atoms with Crippen molar-refractivity contribution in [1.82, 2.24) is 5.32 Å². The number of carbonyl (C=O) groups excluding carboxylic acids is 1. The molecule has 1 saturated heterocycles. The summed E-state index contributed by atoms with van der Waals surface area (Å²) in [6.07, 6.45) is 1.67. The van der Waals surface area contributed by atoms with E-state index in [-0.39, 0.29) is 34.1 Å². The summed E-state index contributed by atoms with van der Waals surface area (Å²) in [4.78, 5) is 17.2. The van der Waals surface area contributed by atoms with Crippen molar-refractivity contribution in [2.45, 2.75) is 6.61 Å². The minimum absolute atomic E-state index is 0.112. The summed E-state index contributed by atoms with van der Waals surface area (Å²) < 4.78 is 19.0. The Morgan fingerprint density at radius 2 is 1.75 bits per heavy atom. The van der Waals surface area contributed by atoms with Crippen LogP contribution in [0.2, 0.25) is 15.1 Å². The lowest BCUT2D eigenvalue weighted by atomic mass is 10.2. The van der Waals surface area contributed by atoms with Crippen LogP contribution in [0.15, 0.2) is 70.6 Å². The third-order valence-corrected chi connectivity index (χ3v) is 6.02. The summed E-state index contributed by atoms with van der Waals surface area (Å²) in [6, 6.07) is 16.3. The molecule has 0 radical (unpaired) electrons. The molecule has 32 heavy (non-hydrogen) atoms. The molecule has 4 rings (SSSR count). The molecule has 1 heterocycles. The SMILES string of the molecule is O=C1NC(=Nc2ccc(Cl)cc2)S/C1=C\c1cc(Cl)c(OCc2cccc(F)c2)c(Cl)c1. The summed E-state index contributed by atoms with van der Waals surface area (Å²) in [7, 11) is 0. The van der Waals surface area contributed by atoms with E-state index in [1.807, 2.05) is 0 Å². The second-order valence-corrected chi connectivity index (χ2v) is 8.97. The summed E-state index contributed by atoms with van der Waals surface area (Å²) in [5, 5.41) is 4.34. The van der Waals surface area contributed by atoms with E-state index in [2.05, 4.69) is 10.3 Å². The van der Waals surface area contributed by atoms with Crippen LogP contribution in [0.5, 0.6) is 5.75 Å². The number of ether oxygens (including phenoxy) is 1. The van der Waals surface area contributed by atoms with Gasteiger partial charge in [0.05, 0.1) is 20.6 Å². The number of hydrogen-bond acceptors (Lipinski definition) is 4. The second-order valence-electron chi connectivity index (χ2n) is 6.69. The molecular formula is C23H14Cl3FN2O2S. The Balaban J connectivity index is 1.50. The van der Waals surface area contributed by atoms with Crippen molar-refractivity contribution in [1.29, 1.82) is 0 Å². The maximum atomic E-state index is 13.3. The van der Waals surface area contributed by atoms with Crippen molar-refractivity contribution < 1.29 is 13.9 Å². The van der Waals surface area contributed by atoms with E-state index in [1.165, 1.54) is 23.9 Å². The molecule has 1 aliphatic heterocycles. The van der Waals surface area contributed by atoms with E-state index >= 15 is 0 Å². The van der Waals surface area contributed by atoms with Gasteiger partial charge in [0.25, 0.3) is 5.91 Å². The third kappa shape index (κ3) is 5.64. The molecule has 0 saturated carbocycles.